The highest BCUT2D eigenvalue weighted by molar-refractivity contribution is 6.33. The molecule has 1 aliphatic rings. The maximum atomic E-state index is 12.5. The molecule has 0 saturated heterocycles. The highest BCUT2D eigenvalue weighted by Crippen LogP contribution is 2.26. The molecule has 0 spiro atoms. The van der Waals surface area contributed by atoms with E-state index in [1.165, 1.54) is 18.3 Å². The summed E-state index contributed by atoms with van der Waals surface area (Å²) in [7, 11) is 0. The maximum absolute atomic E-state index is 12.5. The number of amides is 2. The fourth-order valence-electron chi connectivity index (χ4n) is 3.53. The van der Waals surface area contributed by atoms with Crippen LogP contribution >= 0.6 is 11.6 Å². The molecule has 1 N–H and O–H groups in total. The number of nitrogens with zero attached hydrogens (tertiary/aromatic N) is 3. The third-order valence-electron chi connectivity index (χ3n) is 4.99. The van der Waals surface area contributed by atoms with Gasteiger partial charge >= 0.3 is 5.97 Å². The number of carbonyl (C=O) groups is 3. The number of hydrazone groups is 1. The first-order valence-corrected chi connectivity index (χ1v) is 9.41. The van der Waals surface area contributed by atoms with Gasteiger partial charge in [-0.3, -0.25) is 9.59 Å². The molecule has 2 aromatic carbocycles. The number of aromatic nitrogens is 1. The number of hydrogen-bond donors (Lipinski definition) is 1. The summed E-state index contributed by atoms with van der Waals surface area (Å²) in [6, 6.07) is 13.2. The highest BCUT2D eigenvalue weighted by atomic mass is 35.5. The molecule has 30 heavy (non-hydrogen) atoms. The zero-order chi connectivity index (χ0) is 21.6. The second-order valence-corrected chi connectivity index (χ2v) is 7.25. The number of rotatable bonds is 4. The van der Waals surface area contributed by atoms with Gasteiger partial charge in [0.1, 0.15) is 0 Å². The minimum absolute atomic E-state index is 0.00269. The number of carboxylic acids is 1. The summed E-state index contributed by atoms with van der Waals surface area (Å²) in [4.78, 5) is 36.3. The second kappa shape index (κ2) is 7.27. The maximum Gasteiger partial charge on any atom is 0.337 e. The SMILES string of the molecule is Cc1cc(/C=N\N2C(=O)c3ccccc3C2=O)c(C)n1-c1ccc(Cl)c(C(=O)O)c1. The van der Waals surface area contributed by atoms with Crippen LogP contribution in [0.1, 0.15) is 48.0 Å². The fourth-order valence-corrected chi connectivity index (χ4v) is 3.73. The highest BCUT2D eigenvalue weighted by Gasteiger charge is 2.35. The molecule has 0 bridgehead atoms. The molecule has 0 radical (unpaired) electrons. The van der Waals surface area contributed by atoms with Crippen LogP contribution in [0.5, 0.6) is 0 Å². The van der Waals surface area contributed by atoms with Crippen LogP contribution in [0.2, 0.25) is 5.02 Å². The lowest BCUT2D eigenvalue weighted by Gasteiger charge is -2.11. The Morgan fingerprint density at radius 1 is 1.03 bits per heavy atom. The van der Waals surface area contributed by atoms with Crippen molar-refractivity contribution in [1.29, 1.82) is 0 Å². The van der Waals surface area contributed by atoms with E-state index in [-0.39, 0.29) is 10.6 Å². The molecular weight excluding hydrogens is 406 g/mol. The van der Waals surface area contributed by atoms with Gasteiger partial charge in [-0.25, -0.2) is 4.79 Å². The van der Waals surface area contributed by atoms with Gasteiger partial charge in [-0.1, -0.05) is 23.7 Å². The molecule has 1 aliphatic heterocycles. The van der Waals surface area contributed by atoms with Crippen LogP contribution in [0, 0.1) is 13.8 Å². The number of imide groups is 1. The number of aryl methyl sites for hydroxylation is 1. The zero-order valence-electron chi connectivity index (χ0n) is 16.1. The van der Waals surface area contributed by atoms with Gasteiger partial charge in [0.15, 0.2) is 0 Å². The third-order valence-corrected chi connectivity index (χ3v) is 5.32. The third kappa shape index (κ3) is 3.09. The fraction of sp³-hybridized carbons (Fsp3) is 0.0909. The van der Waals surface area contributed by atoms with Gasteiger partial charge in [-0.2, -0.15) is 10.1 Å². The Hall–Kier alpha value is -3.71. The topological polar surface area (TPSA) is 92.0 Å². The molecular formula is C22H16ClN3O4. The van der Waals surface area contributed by atoms with Crippen molar-refractivity contribution >= 4 is 35.6 Å². The van der Waals surface area contributed by atoms with E-state index in [4.69, 9.17) is 11.6 Å². The summed E-state index contributed by atoms with van der Waals surface area (Å²) in [5, 5.41) is 14.4. The van der Waals surface area contributed by atoms with Crippen molar-refractivity contribution in [2.24, 2.45) is 5.10 Å². The predicted octanol–water partition coefficient (Wildman–Crippen LogP) is 4.08. The standard InChI is InChI=1S/C22H16ClN3O4/c1-12-9-14(11-24-26-20(27)16-5-3-4-6-17(16)21(26)28)13(2)25(12)15-7-8-19(23)18(10-15)22(29)30/h3-11H,1-2H3,(H,29,30)/b24-11-. The summed E-state index contributed by atoms with van der Waals surface area (Å²) < 4.78 is 1.85. The molecule has 0 unspecified atom stereocenters. The van der Waals surface area contributed by atoms with E-state index < -0.39 is 17.8 Å². The Kier molecular flexibility index (Phi) is 4.75. The molecule has 7 nitrogen and oxygen atoms in total. The molecule has 2 amide bonds. The van der Waals surface area contributed by atoms with Gasteiger partial charge in [0.05, 0.1) is 27.9 Å². The number of fused-ring (bicyclic) bond motifs is 1. The smallest absolute Gasteiger partial charge is 0.337 e. The molecule has 0 aliphatic carbocycles. The van der Waals surface area contributed by atoms with E-state index >= 15 is 0 Å². The van der Waals surface area contributed by atoms with E-state index in [2.05, 4.69) is 5.10 Å². The minimum Gasteiger partial charge on any atom is -0.478 e. The first kappa shape index (κ1) is 19.6. The van der Waals surface area contributed by atoms with Crippen molar-refractivity contribution in [3.05, 3.63) is 87.2 Å². The molecule has 150 valence electrons. The average Bonchev–Trinajstić information content (AvgIpc) is 3.14. The van der Waals surface area contributed by atoms with Gasteiger partial charge in [0.25, 0.3) is 11.8 Å². The van der Waals surface area contributed by atoms with Crippen molar-refractivity contribution in [1.82, 2.24) is 9.58 Å². The van der Waals surface area contributed by atoms with Crippen LogP contribution in [0.25, 0.3) is 5.69 Å². The Balaban J connectivity index is 1.69. The average molecular weight is 422 g/mol. The van der Waals surface area contributed by atoms with Crippen LogP contribution in [-0.2, 0) is 0 Å². The van der Waals surface area contributed by atoms with Crippen LogP contribution in [0.15, 0.2) is 53.6 Å². The van der Waals surface area contributed by atoms with Crippen molar-refractivity contribution in [2.45, 2.75) is 13.8 Å². The summed E-state index contributed by atoms with van der Waals surface area (Å²) in [6.45, 7) is 3.70. The second-order valence-electron chi connectivity index (χ2n) is 6.84. The van der Waals surface area contributed by atoms with E-state index in [1.54, 1.807) is 30.3 Å². The van der Waals surface area contributed by atoms with Gasteiger partial charge in [0.2, 0.25) is 0 Å². The predicted molar refractivity (Wildman–Crippen MR) is 112 cm³/mol. The molecule has 8 heteroatoms. The number of halogens is 1. The Labute approximate surface area is 176 Å². The van der Waals surface area contributed by atoms with Crippen LogP contribution in [0.3, 0.4) is 0 Å². The van der Waals surface area contributed by atoms with E-state index in [0.717, 1.165) is 16.4 Å². The van der Waals surface area contributed by atoms with E-state index in [1.807, 2.05) is 24.5 Å². The molecule has 0 saturated carbocycles. The number of carboxylic acid groups (broad SMARTS) is 1. The van der Waals surface area contributed by atoms with Gasteiger partial charge in [-0.15, -0.1) is 0 Å². The number of hydrogen-bond acceptors (Lipinski definition) is 4. The van der Waals surface area contributed by atoms with Crippen LogP contribution in [-0.4, -0.2) is 38.7 Å². The van der Waals surface area contributed by atoms with Gasteiger partial charge in [-0.05, 0) is 50.2 Å². The van der Waals surface area contributed by atoms with Crippen molar-refractivity contribution in [3.63, 3.8) is 0 Å². The molecule has 2 heterocycles. The van der Waals surface area contributed by atoms with Gasteiger partial charge in [0, 0.05) is 22.6 Å². The summed E-state index contributed by atoms with van der Waals surface area (Å²) in [6.07, 6.45) is 1.45. The molecule has 3 aromatic rings. The minimum atomic E-state index is -1.11. The van der Waals surface area contributed by atoms with Crippen molar-refractivity contribution in [3.8, 4) is 5.69 Å². The Bertz CT molecular complexity index is 1220. The number of aromatic carboxylic acids is 1. The van der Waals surface area contributed by atoms with E-state index in [0.29, 0.717) is 22.4 Å². The lowest BCUT2D eigenvalue weighted by atomic mass is 10.1. The summed E-state index contributed by atoms with van der Waals surface area (Å²) >= 11 is 5.97. The lowest BCUT2D eigenvalue weighted by Crippen LogP contribution is -2.24. The van der Waals surface area contributed by atoms with Crippen molar-refractivity contribution in [2.75, 3.05) is 0 Å². The first-order valence-electron chi connectivity index (χ1n) is 9.03. The quantitative estimate of drug-likeness (QED) is 0.507. The van der Waals surface area contributed by atoms with Crippen LogP contribution in [0.4, 0.5) is 0 Å². The summed E-state index contributed by atoms with van der Waals surface area (Å²) in [5.41, 5.74) is 3.58. The molecule has 0 atom stereocenters. The number of carbonyl (C=O) groups excluding carboxylic acids is 2. The largest absolute Gasteiger partial charge is 0.478 e. The first-order chi connectivity index (χ1) is 14.3. The Morgan fingerprint density at radius 2 is 1.67 bits per heavy atom. The lowest BCUT2D eigenvalue weighted by molar-refractivity contribution is 0.0656. The van der Waals surface area contributed by atoms with Gasteiger partial charge < -0.3 is 9.67 Å². The molecule has 0 fully saturated rings. The van der Waals surface area contributed by atoms with Crippen molar-refractivity contribution < 1.29 is 19.5 Å². The van der Waals surface area contributed by atoms with Crippen LogP contribution < -0.4 is 0 Å². The zero-order valence-corrected chi connectivity index (χ0v) is 16.8. The number of benzene rings is 2. The molecule has 4 rings (SSSR count). The van der Waals surface area contributed by atoms with E-state index in [9.17, 15) is 19.5 Å². The Morgan fingerprint density at radius 3 is 2.27 bits per heavy atom. The molecule has 1 aromatic heterocycles. The normalized spacial score (nSPS) is 13.4. The monoisotopic (exact) mass is 421 g/mol. The summed E-state index contributed by atoms with van der Waals surface area (Å²) in [5.74, 6) is -2.05.